The van der Waals surface area contributed by atoms with Crippen LogP contribution < -0.4 is 19.7 Å². The topological polar surface area (TPSA) is 55.2 Å². The van der Waals surface area contributed by atoms with E-state index in [4.69, 9.17) is 9.47 Å². The molecule has 1 aliphatic heterocycles. The van der Waals surface area contributed by atoms with E-state index in [1.54, 1.807) is 0 Å². The zero-order valence-electron chi connectivity index (χ0n) is 16.4. The van der Waals surface area contributed by atoms with Gasteiger partial charge in [-0.05, 0) is 23.8 Å². The van der Waals surface area contributed by atoms with Crippen molar-refractivity contribution in [1.29, 1.82) is 0 Å². The number of benzene rings is 3. The molecule has 0 amide bonds. The number of fused-ring (bicyclic) bond motifs is 4. The number of aromatic nitrogens is 2. The fraction of sp³-hybridized carbons (Fsp3) is 0.200. The lowest BCUT2D eigenvalue weighted by atomic mass is 10.00. The second kappa shape index (κ2) is 6.46. The standard InChI is InChI=1S/C25H20N2O3/c28-23-18-10-4-5-11-19(18)24-27(26-23)25(14-15-25)22(30-24)20-12-6-7-13-21(20)29-16-17-8-2-1-3-9-17/h1-13,22H,14-16H2/p+1. The number of aromatic amines is 1. The Balaban J connectivity index is 1.41. The number of nitrogens with zero attached hydrogens (tertiary/aromatic N) is 1. The van der Waals surface area contributed by atoms with Gasteiger partial charge in [0.1, 0.15) is 17.7 Å². The maximum Gasteiger partial charge on any atom is 0.401 e. The molecule has 1 aliphatic carbocycles. The molecule has 0 bridgehead atoms. The van der Waals surface area contributed by atoms with Gasteiger partial charge in [0.25, 0.3) is 0 Å². The minimum atomic E-state index is -0.259. The van der Waals surface area contributed by atoms with Crippen molar-refractivity contribution in [3.63, 3.8) is 0 Å². The molecule has 148 valence electrons. The lowest BCUT2D eigenvalue weighted by molar-refractivity contribution is -0.778. The Morgan fingerprint density at radius 1 is 0.933 bits per heavy atom. The van der Waals surface area contributed by atoms with Crippen molar-refractivity contribution in [2.24, 2.45) is 0 Å². The lowest BCUT2D eigenvalue weighted by Crippen LogP contribution is -2.51. The summed E-state index contributed by atoms with van der Waals surface area (Å²) < 4.78 is 14.7. The Morgan fingerprint density at radius 3 is 2.43 bits per heavy atom. The largest absolute Gasteiger partial charge is 0.488 e. The van der Waals surface area contributed by atoms with Crippen LogP contribution in [0, 0.1) is 0 Å². The molecular formula is C25H21N2O3+. The summed E-state index contributed by atoms with van der Waals surface area (Å²) in [6.45, 7) is 0.497. The van der Waals surface area contributed by atoms with Crippen molar-refractivity contribution in [3.8, 4) is 11.6 Å². The van der Waals surface area contributed by atoms with Gasteiger partial charge in [-0.25, -0.2) is 0 Å². The van der Waals surface area contributed by atoms with Gasteiger partial charge >= 0.3 is 11.4 Å². The van der Waals surface area contributed by atoms with Gasteiger partial charge in [0.2, 0.25) is 11.6 Å². The number of rotatable bonds is 4. The maximum atomic E-state index is 12.7. The molecule has 2 heterocycles. The van der Waals surface area contributed by atoms with Crippen LogP contribution in [0.4, 0.5) is 0 Å². The fourth-order valence-electron chi connectivity index (χ4n) is 4.50. The summed E-state index contributed by atoms with van der Waals surface area (Å²) in [6.07, 6.45) is 1.71. The molecule has 3 aromatic carbocycles. The molecular weight excluding hydrogens is 376 g/mol. The second-order valence-electron chi connectivity index (χ2n) is 8.04. The summed E-state index contributed by atoms with van der Waals surface area (Å²) in [4.78, 5) is 12.7. The van der Waals surface area contributed by atoms with Gasteiger partial charge in [-0.15, -0.1) is 5.10 Å². The van der Waals surface area contributed by atoms with Crippen molar-refractivity contribution in [2.75, 3.05) is 0 Å². The van der Waals surface area contributed by atoms with E-state index < -0.39 is 0 Å². The molecule has 30 heavy (non-hydrogen) atoms. The first-order valence-corrected chi connectivity index (χ1v) is 10.3. The molecule has 2 aliphatic rings. The number of ether oxygens (including phenoxy) is 2. The first-order valence-electron chi connectivity index (χ1n) is 10.3. The van der Waals surface area contributed by atoms with E-state index in [9.17, 15) is 4.79 Å². The Hall–Kier alpha value is -3.60. The van der Waals surface area contributed by atoms with E-state index in [2.05, 4.69) is 23.3 Å². The van der Waals surface area contributed by atoms with Crippen LogP contribution in [-0.4, -0.2) is 5.10 Å². The molecule has 1 unspecified atom stereocenters. The SMILES string of the molecule is O=c1[nH][n+]2c(c3ccccc13)OC(c1ccccc1OCc1ccccc1)C21CC1. The summed E-state index contributed by atoms with van der Waals surface area (Å²) in [5.74, 6) is 1.54. The fourth-order valence-corrected chi connectivity index (χ4v) is 4.50. The zero-order valence-corrected chi connectivity index (χ0v) is 16.4. The average Bonchev–Trinajstić information content (AvgIpc) is 3.53. The van der Waals surface area contributed by atoms with Crippen LogP contribution in [0.5, 0.6) is 11.6 Å². The highest BCUT2D eigenvalue weighted by atomic mass is 16.5. The highest BCUT2D eigenvalue weighted by molar-refractivity contribution is 5.85. The first-order chi connectivity index (χ1) is 14.8. The van der Waals surface area contributed by atoms with Crippen LogP contribution >= 0.6 is 0 Å². The van der Waals surface area contributed by atoms with Crippen molar-refractivity contribution in [2.45, 2.75) is 31.1 Å². The summed E-state index contributed by atoms with van der Waals surface area (Å²) in [5, 5.41) is 4.55. The molecule has 1 N–H and O–H groups in total. The van der Waals surface area contributed by atoms with Crippen LogP contribution in [0.2, 0.25) is 0 Å². The van der Waals surface area contributed by atoms with Crippen molar-refractivity contribution in [3.05, 3.63) is 100 Å². The monoisotopic (exact) mass is 397 g/mol. The van der Waals surface area contributed by atoms with Crippen LogP contribution in [0.25, 0.3) is 10.8 Å². The third kappa shape index (κ3) is 2.55. The molecule has 6 rings (SSSR count). The lowest BCUT2D eigenvalue weighted by Gasteiger charge is -2.17. The molecule has 1 aromatic heterocycles. The van der Waals surface area contributed by atoms with Crippen LogP contribution in [0.3, 0.4) is 0 Å². The normalized spacial score (nSPS) is 18.2. The number of H-pyrrole nitrogens is 1. The van der Waals surface area contributed by atoms with Gasteiger partial charge in [0.05, 0.1) is 5.39 Å². The number of hydrogen-bond acceptors (Lipinski definition) is 3. The van der Waals surface area contributed by atoms with Gasteiger partial charge in [-0.2, -0.15) is 0 Å². The predicted octanol–water partition coefficient (Wildman–Crippen LogP) is 4.02. The Labute approximate surface area is 173 Å². The number of hydrogen-bond donors (Lipinski definition) is 1. The third-order valence-corrected chi connectivity index (χ3v) is 6.18. The second-order valence-corrected chi connectivity index (χ2v) is 8.04. The van der Waals surface area contributed by atoms with E-state index in [1.165, 1.54) is 0 Å². The average molecular weight is 397 g/mol. The van der Waals surface area contributed by atoms with E-state index >= 15 is 0 Å². The van der Waals surface area contributed by atoms with Gasteiger partial charge in [-0.1, -0.05) is 65.3 Å². The predicted molar refractivity (Wildman–Crippen MR) is 113 cm³/mol. The van der Waals surface area contributed by atoms with Crippen LogP contribution in [-0.2, 0) is 12.1 Å². The Bertz CT molecular complexity index is 1310. The molecule has 1 fully saturated rings. The molecule has 1 atom stereocenters. The van der Waals surface area contributed by atoms with E-state index in [-0.39, 0.29) is 17.2 Å². The quantitative estimate of drug-likeness (QED) is 0.529. The molecule has 5 heteroatoms. The molecule has 4 aromatic rings. The molecule has 1 spiro atoms. The smallest absolute Gasteiger partial charge is 0.401 e. The molecule has 5 nitrogen and oxygen atoms in total. The van der Waals surface area contributed by atoms with Gasteiger partial charge in [0, 0.05) is 18.4 Å². The summed E-state index contributed by atoms with van der Waals surface area (Å²) in [7, 11) is 0. The Kier molecular flexibility index (Phi) is 3.72. The summed E-state index contributed by atoms with van der Waals surface area (Å²) in [6, 6.07) is 25.8. The summed E-state index contributed by atoms with van der Waals surface area (Å²) in [5.41, 5.74) is 1.79. The number of para-hydroxylation sites is 1. The van der Waals surface area contributed by atoms with E-state index in [0.29, 0.717) is 12.0 Å². The maximum absolute atomic E-state index is 12.7. The van der Waals surface area contributed by atoms with Gasteiger partial charge in [0.15, 0.2) is 0 Å². The number of nitrogens with one attached hydrogen (secondary N) is 1. The zero-order chi connectivity index (χ0) is 20.1. The van der Waals surface area contributed by atoms with E-state index in [0.717, 1.165) is 41.0 Å². The van der Waals surface area contributed by atoms with Crippen LogP contribution in [0.1, 0.15) is 30.1 Å². The van der Waals surface area contributed by atoms with Crippen molar-refractivity contribution in [1.82, 2.24) is 5.10 Å². The van der Waals surface area contributed by atoms with E-state index in [1.807, 2.05) is 65.3 Å². The van der Waals surface area contributed by atoms with Gasteiger partial charge < -0.3 is 9.47 Å². The highest BCUT2D eigenvalue weighted by Crippen LogP contribution is 2.56. The molecule has 0 radical (unpaired) electrons. The Morgan fingerprint density at radius 2 is 1.63 bits per heavy atom. The van der Waals surface area contributed by atoms with Crippen LogP contribution in [0.15, 0.2) is 83.7 Å². The van der Waals surface area contributed by atoms with Gasteiger partial charge in [-0.3, -0.25) is 4.79 Å². The molecule has 0 saturated heterocycles. The first kappa shape index (κ1) is 17.3. The van der Waals surface area contributed by atoms with Crippen molar-refractivity contribution < 1.29 is 14.2 Å². The third-order valence-electron chi connectivity index (χ3n) is 6.18. The summed E-state index contributed by atoms with van der Waals surface area (Å²) >= 11 is 0. The van der Waals surface area contributed by atoms with Crippen molar-refractivity contribution >= 4 is 10.8 Å². The minimum Gasteiger partial charge on any atom is -0.488 e. The minimum absolute atomic E-state index is 0.0847. The highest BCUT2D eigenvalue weighted by Gasteiger charge is 2.69. The molecule has 1 saturated carbocycles.